The molecule has 1 rings (SSSR count). The average Bonchev–Trinajstić information content (AvgIpc) is 2.39. The summed E-state index contributed by atoms with van der Waals surface area (Å²) in [6, 6.07) is 5.07. The molecule has 6 heteroatoms. The molecule has 0 aliphatic rings. The predicted molar refractivity (Wildman–Crippen MR) is 89.8 cm³/mol. The van der Waals surface area contributed by atoms with E-state index >= 15 is 0 Å². The van der Waals surface area contributed by atoms with Crippen molar-refractivity contribution in [3.63, 3.8) is 0 Å². The summed E-state index contributed by atoms with van der Waals surface area (Å²) in [6.45, 7) is 5.16. The summed E-state index contributed by atoms with van der Waals surface area (Å²) in [5.74, 6) is -0.0612. The van der Waals surface area contributed by atoms with E-state index in [9.17, 15) is 4.79 Å². The van der Waals surface area contributed by atoms with Gasteiger partial charge < -0.3 is 16.0 Å². The highest BCUT2D eigenvalue weighted by Gasteiger charge is 2.12. The van der Waals surface area contributed by atoms with E-state index in [1.807, 2.05) is 14.1 Å². The van der Waals surface area contributed by atoms with Gasteiger partial charge in [-0.25, -0.2) is 0 Å². The van der Waals surface area contributed by atoms with Gasteiger partial charge in [-0.2, -0.15) is 0 Å². The third-order valence-electron chi connectivity index (χ3n) is 3.04. The Morgan fingerprint density at radius 2 is 2.00 bits per heavy atom. The van der Waals surface area contributed by atoms with Gasteiger partial charge in [0.25, 0.3) is 0 Å². The van der Waals surface area contributed by atoms with Crippen molar-refractivity contribution in [1.82, 2.24) is 9.80 Å². The van der Waals surface area contributed by atoms with E-state index in [0.717, 1.165) is 26.1 Å². The summed E-state index contributed by atoms with van der Waals surface area (Å²) in [5, 5.41) is 3.29. The normalized spacial score (nSPS) is 11.1. The molecule has 21 heavy (non-hydrogen) atoms. The Balaban J connectivity index is 2.56. The molecule has 1 amide bonds. The zero-order valence-corrected chi connectivity index (χ0v) is 13.8. The minimum Gasteiger partial charge on any atom is -0.399 e. The van der Waals surface area contributed by atoms with Crippen LogP contribution in [0.25, 0.3) is 0 Å². The topological polar surface area (TPSA) is 61.6 Å². The van der Waals surface area contributed by atoms with Crippen LogP contribution in [0.2, 0.25) is 5.02 Å². The fraction of sp³-hybridized carbons (Fsp3) is 0.533. The maximum absolute atomic E-state index is 12.1. The number of anilines is 2. The lowest BCUT2D eigenvalue weighted by atomic mass is 10.3. The number of hydrogen-bond acceptors (Lipinski definition) is 4. The standard InChI is InChI=1S/C15H25ClN4O/c1-4-7-20(9-8-19(2)3)11-15(21)18-14-6-5-12(17)10-13(14)16/h5-6,10H,4,7-9,11,17H2,1-3H3,(H,18,21). The molecule has 0 fully saturated rings. The number of amides is 1. The molecule has 1 aromatic carbocycles. The van der Waals surface area contributed by atoms with Crippen molar-refractivity contribution in [1.29, 1.82) is 0 Å². The largest absolute Gasteiger partial charge is 0.399 e. The summed E-state index contributed by atoms with van der Waals surface area (Å²) < 4.78 is 0. The number of nitrogens with zero attached hydrogens (tertiary/aromatic N) is 2. The van der Waals surface area contributed by atoms with E-state index < -0.39 is 0 Å². The molecule has 0 bridgehead atoms. The van der Waals surface area contributed by atoms with Crippen LogP contribution >= 0.6 is 11.6 Å². The second-order valence-electron chi connectivity index (χ2n) is 5.37. The zero-order valence-electron chi connectivity index (χ0n) is 13.0. The Bertz CT molecular complexity index is 465. The van der Waals surface area contributed by atoms with Crippen LogP contribution in [0.15, 0.2) is 18.2 Å². The summed E-state index contributed by atoms with van der Waals surface area (Å²) >= 11 is 6.06. The summed E-state index contributed by atoms with van der Waals surface area (Å²) in [6.07, 6.45) is 1.02. The highest BCUT2D eigenvalue weighted by molar-refractivity contribution is 6.34. The maximum Gasteiger partial charge on any atom is 0.238 e. The van der Waals surface area contributed by atoms with Crippen LogP contribution in [0.5, 0.6) is 0 Å². The van der Waals surface area contributed by atoms with Crippen molar-refractivity contribution in [3.05, 3.63) is 23.2 Å². The first-order chi connectivity index (χ1) is 9.92. The smallest absolute Gasteiger partial charge is 0.238 e. The summed E-state index contributed by atoms with van der Waals surface area (Å²) in [5.41, 5.74) is 6.81. The van der Waals surface area contributed by atoms with E-state index in [-0.39, 0.29) is 5.91 Å². The monoisotopic (exact) mass is 312 g/mol. The minimum atomic E-state index is -0.0612. The number of nitrogens with one attached hydrogen (secondary N) is 1. The number of carbonyl (C=O) groups is 1. The van der Waals surface area contributed by atoms with Crippen LogP contribution in [-0.2, 0) is 4.79 Å². The average molecular weight is 313 g/mol. The van der Waals surface area contributed by atoms with Crippen LogP contribution in [0, 0.1) is 0 Å². The van der Waals surface area contributed by atoms with Crippen LogP contribution < -0.4 is 11.1 Å². The maximum atomic E-state index is 12.1. The lowest BCUT2D eigenvalue weighted by Gasteiger charge is -2.23. The van der Waals surface area contributed by atoms with E-state index in [2.05, 4.69) is 22.0 Å². The summed E-state index contributed by atoms with van der Waals surface area (Å²) in [4.78, 5) is 16.4. The van der Waals surface area contributed by atoms with Crippen LogP contribution in [0.1, 0.15) is 13.3 Å². The van der Waals surface area contributed by atoms with E-state index in [0.29, 0.717) is 22.9 Å². The number of hydrogen-bond donors (Lipinski definition) is 2. The molecular formula is C15H25ClN4O. The molecule has 0 saturated carbocycles. The van der Waals surface area contributed by atoms with Crippen molar-refractivity contribution in [2.45, 2.75) is 13.3 Å². The molecule has 5 nitrogen and oxygen atoms in total. The van der Waals surface area contributed by atoms with Gasteiger partial charge in [-0.15, -0.1) is 0 Å². The van der Waals surface area contributed by atoms with Crippen molar-refractivity contribution >= 4 is 28.9 Å². The van der Waals surface area contributed by atoms with Crippen LogP contribution in [-0.4, -0.2) is 56.0 Å². The van der Waals surface area contributed by atoms with Gasteiger partial charge in [0.1, 0.15) is 0 Å². The minimum absolute atomic E-state index is 0.0612. The number of nitrogens with two attached hydrogens (primary N) is 1. The molecule has 0 atom stereocenters. The van der Waals surface area contributed by atoms with Gasteiger partial charge in [0.15, 0.2) is 0 Å². The molecule has 0 spiro atoms. The second kappa shape index (κ2) is 8.87. The van der Waals surface area contributed by atoms with E-state index in [1.165, 1.54) is 0 Å². The Kier molecular flexibility index (Phi) is 7.50. The number of rotatable bonds is 8. The first-order valence-corrected chi connectivity index (χ1v) is 7.52. The van der Waals surface area contributed by atoms with Gasteiger partial charge in [0.05, 0.1) is 17.3 Å². The van der Waals surface area contributed by atoms with Crippen molar-refractivity contribution < 1.29 is 4.79 Å². The Labute approximate surface area is 132 Å². The Morgan fingerprint density at radius 1 is 1.29 bits per heavy atom. The third-order valence-corrected chi connectivity index (χ3v) is 3.35. The quantitative estimate of drug-likeness (QED) is 0.722. The number of nitrogen functional groups attached to an aromatic ring is 1. The molecule has 0 heterocycles. The molecule has 3 N–H and O–H groups in total. The molecule has 0 radical (unpaired) electrons. The van der Waals surface area contributed by atoms with E-state index in [4.69, 9.17) is 17.3 Å². The Hall–Kier alpha value is -1.30. The van der Waals surface area contributed by atoms with Gasteiger partial charge in [-0.3, -0.25) is 9.69 Å². The van der Waals surface area contributed by atoms with Crippen LogP contribution in [0.4, 0.5) is 11.4 Å². The third kappa shape index (κ3) is 6.80. The molecule has 0 aliphatic heterocycles. The van der Waals surface area contributed by atoms with Gasteiger partial charge >= 0.3 is 0 Å². The van der Waals surface area contributed by atoms with Gasteiger partial charge in [-0.1, -0.05) is 18.5 Å². The Morgan fingerprint density at radius 3 is 2.57 bits per heavy atom. The lowest BCUT2D eigenvalue weighted by Crippen LogP contribution is -2.38. The highest BCUT2D eigenvalue weighted by atomic mass is 35.5. The molecular weight excluding hydrogens is 288 g/mol. The lowest BCUT2D eigenvalue weighted by molar-refractivity contribution is -0.117. The van der Waals surface area contributed by atoms with Gasteiger partial charge in [0.2, 0.25) is 5.91 Å². The molecule has 118 valence electrons. The number of likely N-dealkylation sites (N-methyl/N-ethyl adjacent to an activating group) is 1. The fourth-order valence-electron chi connectivity index (χ4n) is 1.95. The first-order valence-electron chi connectivity index (χ1n) is 7.14. The number of halogens is 1. The fourth-order valence-corrected chi connectivity index (χ4v) is 2.19. The molecule has 0 unspecified atom stereocenters. The number of carbonyl (C=O) groups excluding carboxylic acids is 1. The first kappa shape index (κ1) is 17.8. The molecule has 0 aromatic heterocycles. The van der Waals surface area contributed by atoms with Crippen molar-refractivity contribution in [3.8, 4) is 0 Å². The number of benzene rings is 1. The zero-order chi connectivity index (χ0) is 15.8. The van der Waals surface area contributed by atoms with Gasteiger partial charge in [0, 0.05) is 18.8 Å². The van der Waals surface area contributed by atoms with Crippen LogP contribution in [0.3, 0.4) is 0 Å². The van der Waals surface area contributed by atoms with Crippen molar-refractivity contribution in [2.75, 3.05) is 51.3 Å². The molecule has 1 aromatic rings. The highest BCUT2D eigenvalue weighted by Crippen LogP contribution is 2.23. The molecule has 0 aliphatic carbocycles. The predicted octanol–water partition coefficient (Wildman–Crippen LogP) is 2.13. The van der Waals surface area contributed by atoms with Crippen molar-refractivity contribution in [2.24, 2.45) is 0 Å². The summed E-state index contributed by atoms with van der Waals surface area (Å²) in [7, 11) is 4.05. The second-order valence-corrected chi connectivity index (χ2v) is 5.77. The van der Waals surface area contributed by atoms with Gasteiger partial charge in [-0.05, 0) is 45.3 Å². The SMILES string of the molecule is CCCN(CCN(C)C)CC(=O)Nc1ccc(N)cc1Cl. The molecule has 0 saturated heterocycles. The van der Waals surface area contributed by atoms with E-state index in [1.54, 1.807) is 18.2 Å².